The average molecular weight is 256 g/mol. The van der Waals surface area contributed by atoms with Crippen molar-refractivity contribution in [1.82, 2.24) is 0 Å². The van der Waals surface area contributed by atoms with Gasteiger partial charge in [-0.3, -0.25) is 19.2 Å². The predicted molar refractivity (Wildman–Crippen MR) is 70.4 cm³/mol. The van der Waals surface area contributed by atoms with Crippen LogP contribution in [0.3, 0.4) is 0 Å². The van der Waals surface area contributed by atoms with E-state index in [1.165, 1.54) is 6.92 Å². The molecule has 0 bridgehead atoms. The minimum atomic E-state index is -0.316. The molecule has 104 valence electrons. The van der Waals surface area contributed by atoms with Crippen molar-refractivity contribution in [3.05, 3.63) is 0 Å². The van der Waals surface area contributed by atoms with Crippen LogP contribution >= 0.6 is 0 Å². The van der Waals surface area contributed by atoms with Gasteiger partial charge in [0.1, 0.15) is 11.6 Å². The molecule has 0 aromatic rings. The van der Waals surface area contributed by atoms with Crippen molar-refractivity contribution in [3.8, 4) is 0 Å². The Labute approximate surface area is 109 Å². The number of hydrogen-bond donors (Lipinski definition) is 0. The molecule has 18 heavy (non-hydrogen) atoms. The minimum Gasteiger partial charge on any atom is -0.299 e. The summed E-state index contributed by atoms with van der Waals surface area (Å²) in [7, 11) is 0. The molecule has 0 fully saturated rings. The molecule has 0 aliphatic rings. The quantitative estimate of drug-likeness (QED) is 0.494. The molecule has 4 nitrogen and oxygen atoms in total. The fourth-order valence-electron chi connectivity index (χ4n) is 0.983. The Hall–Kier alpha value is -1.32. The van der Waals surface area contributed by atoms with Crippen LogP contribution < -0.4 is 0 Å². The predicted octanol–water partition coefficient (Wildman–Crippen LogP) is 2.67. The summed E-state index contributed by atoms with van der Waals surface area (Å²) in [5.41, 5.74) is 0. The molecule has 0 aliphatic heterocycles. The van der Waals surface area contributed by atoms with Crippen LogP contribution in [0.15, 0.2) is 0 Å². The van der Waals surface area contributed by atoms with Gasteiger partial charge in [-0.05, 0) is 6.42 Å². The van der Waals surface area contributed by atoms with E-state index >= 15 is 0 Å². The van der Waals surface area contributed by atoms with E-state index in [9.17, 15) is 19.2 Å². The van der Waals surface area contributed by atoms with Crippen LogP contribution in [0.2, 0.25) is 0 Å². The van der Waals surface area contributed by atoms with Crippen LogP contribution in [-0.4, -0.2) is 23.1 Å². The summed E-state index contributed by atoms with van der Waals surface area (Å²) in [6.07, 6.45) is 3.31. The van der Waals surface area contributed by atoms with E-state index in [0.29, 0.717) is 19.3 Å². The highest BCUT2D eigenvalue weighted by molar-refractivity contribution is 6.36. The smallest absolute Gasteiger partial charge is 0.198 e. The highest BCUT2D eigenvalue weighted by atomic mass is 16.2. The molecular weight excluding hydrogens is 232 g/mol. The first-order chi connectivity index (χ1) is 8.38. The van der Waals surface area contributed by atoms with Crippen LogP contribution in [-0.2, 0) is 19.2 Å². The maximum Gasteiger partial charge on any atom is 0.198 e. The summed E-state index contributed by atoms with van der Waals surface area (Å²) >= 11 is 0. The average Bonchev–Trinajstić information content (AvgIpc) is 2.35. The monoisotopic (exact) mass is 256 g/mol. The third-order valence-electron chi connectivity index (χ3n) is 2.33. The summed E-state index contributed by atoms with van der Waals surface area (Å²) < 4.78 is 0. The van der Waals surface area contributed by atoms with Gasteiger partial charge in [-0.1, -0.05) is 27.2 Å². The molecule has 0 spiro atoms. The molecule has 0 heterocycles. The standard InChI is InChI=1S/2C7H12O2/c1-3-4-5-7(9)6(2)8;1-3-6(8)5-7(9)4-2/h2*3-5H2,1-2H3. The Morgan fingerprint density at radius 2 is 1.28 bits per heavy atom. The third kappa shape index (κ3) is 12.7. The first-order valence-electron chi connectivity index (χ1n) is 6.46. The van der Waals surface area contributed by atoms with Crippen LogP contribution in [0.25, 0.3) is 0 Å². The summed E-state index contributed by atoms with van der Waals surface area (Å²) in [6, 6.07) is 0. The molecule has 0 aliphatic carbocycles. The molecule has 0 N–H and O–H groups in total. The third-order valence-corrected chi connectivity index (χ3v) is 2.33. The SMILES string of the molecule is CCC(=O)CC(=O)CC.CCCCC(=O)C(C)=O. The lowest BCUT2D eigenvalue weighted by Gasteiger charge is -1.91. The number of hydrogen-bond acceptors (Lipinski definition) is 4. The van der Waals surface area contributed by atoms with E-state index in [2.05, 4.69) is 0 Å². The van der Waals surface area contributed by atoms with Crippen molar-refractivity contribution in [3.63, 3.8) is 0 Å². The first kappa shape index (κ1) is 19.0. The molecule has 0 atom stereocenters. The van der Waals surface area contributed by atoms with Gasteiger partial charge in [0.2, 0.25) is 0 Å². The van der Waals surface area contributed by atoms with Gasteiger partial charge in [-0.2, -0.15) is 0 Å². The molecule has 0 unspecified atom stereocenters. The van der Waals surface area contributed by atoms with Crippen LogP contribution in [0.1, 0.15) is 66.2 Å². The van der Waals surface area contributed by atoms with Crippen LogP contribution in [0.5, 0.6) is 0 Å². The second-order valence-electron chi connectivity index (χ2n) is 4.04. The summed E-state index contributed by atoms with van der Waals surface area (Å²) in [6.45, 7) is 6.85. The summed E-state index contributed by atoms with van der Waals surface area (Å²) in [5, 5.41) is 0. The molecule has 4 heteroatoms. The fraction of sp³-hybridized carbons (Fsp3) is 0.714. The second-order valence-corrected chi connectivity index (χ2v) is 4.04. The molecule has 0 aromatic heterocycles. The lowest BCUT2D eigenvalue weighted by atomic mass is 10.1. The van der Waals surface area contributed by atoms with E-state index < -0.39 is 0 Å². The van der Waals surface area contributed by atoms with Gasteiger partial charge >= 0.3 is 0 Å². The highest BCUT2D eigenvalue weighted by Crippen LogP contribution is 1.95. The fourth-order valence-corrected chi connectivity index (χ4v) is 0.983. The topological polar surface area (TPSA) is 68.3 Å². The van der Waals surface area contributed by atoms with Crippen molar-refractivity contribution in [2.45, 2.75) is 66.2 Å². The molecule has 0 radical (unpaired) electrons. The molecule has 0 amide bonds. The number of carbonyl (C=O) groups is 4. The van der Waals surface area contributed by atoms with E-state index in [1.807, 2.05) is 6.92 Å². The molecule has 0 saturated carbocycles. The van der Waals surface area contributed by atoms with E-state index in [-0.39, 0.29) is 29.6 Å². The van der Waals surface area contributed by atoms with Gasteiger partial charge in [0.05, 0.1) is 6.42 Å². The zero-order valence-corrected chi connectivity index (χ0v) is 11.9. The Bertz CT molecular complexity index is 278. The van der Waals surface area contributed by atoms with Crippen molar-refractivity contribution < 1.29 is 19.2 Å². The number of rotatable bonds is 8. The van der Waals surface area contributed by atoms with E-state index in [4.69, 9.17) is 0 Å². The van der Waals surface area contributed by atoms with Crippen molar-refractivity contribution in [1.29, 1.82) is 0 Å². The zero-order chi connectivity index (χ0) is 14.6. The van der Waals surface area contributed by atoms with Gasteiger partial charge in [0.25, 0.3) is 0 Å². The first-order valence-corrected chi connectivity index (χ1v) is 6.46. The second kappa shape index (κ2) is 12.1. The molecule has 0 saturated heterocycles. The summed E-state index contributed by atoms with van der Waals surface area (Å²) in [5.74, 6) is -0.469. The van der Waals surface area contributed by atoms with Crippen molar-refractivity contribution in [2.75, 3.05) is 0 Å². The Kier molecular flexibility index (Phi) is 12.8. The van der Waals surface area contributed by atoms with E-state index in [0.717, 1.165) is 12.8 Å². The lowest BCUT2D eigenvalue weighted by Crippen LogP contribution is -2.08. The minimum absolute atomic E-state index is 0.0434. The van der Waals surface area contributed by atoms with Crippen LogP contribution in [0, 0.1) is 0 Å². The molecule has 0 aromatic carbocycles. The van der Waals surface area contributed by atoms with E-state index in [1.54, 1.807) is 13.8 Å². The molecular formula is C14H24O4. The number of unbranched alkanes of at least 4 members (excludes halogenated alkanes) is 1. The van der Waals surface area contributed by atoms with Crippen molar-refractivity contribution >= 4 is 23.1 Å². The zero-order valence-electron chi connectivity index (χ0n) is 11.9. The number of ketones is 4. The normalized spacial score (nSPS) is 9.11. The highest BCUT2D eigenvalue weighted by Gasteiger charge is 2.04. The number of carbonyl (C=O) groups excluding carboxylic acids is 4. The number of Topliss-reactive ketones (excluding diaryl/α,β-unsaturated/α-hetero) is 4. The van der Waals surface area contributed by atoms with Gasteiger partial charge in [0.15, 0.2) is 11.6 Å². The Balaban J connectivity index is 0. The van der Waals surface area contributed by atoms with Gasteiger partial charge < -0.3 is 0 Å². The maximum atomic E-state index is 10.6. The Morgan fingerprint density at radius 3 is 1.56 bits per heavy atom. The van der Waals surface area contributed by atoms with Gasteiger partial charge in [-0.25, -0.2) is 0 Å². The largest absolute Gasteiger partial charge is 0.299 e. The lowest BCUT2D eigenvalue weighted by molar-refractivity contribution is -0.135. The Morgan fingerprint density at radius 1 is 0.833 bits per heavy atom. The van der Waals surface area contributed by atoms with Gasteiger partial charge in [0, 0.05) is 26.2 Å². The summed E-state index contributed by atoms with van der Waals surface area (Å²) in [4.78, 5) is 42.0. The van der Waals surface area contributed by atoms with Crippen LogP contribution in [0.4, 0.5) is 0 Å². The van der Waals surface area contributed by atoms with Crippen molar-refractivity contribution in [2.24, 2.45) is 0 Å². The maximum absolute atomic E-state index is 10.6. The molecule has 0 rings (SSSR count). The van der Waals surface area contributed by atoms with Gasteiger partial charge in [-0.15, -0.1) is 0 Å².